The van der Waals surface area contributed by atoms with Gasteiger partial charge >= 0.3 is 51.1 Å². The number of hydrogen-bond donors (Lipinski definition) is 0. The molecule has 0 bridgehead atoms. The predicted molar refractivity (Wildman–Crippen MR) is 31.2 cm³/mol. The first-order valence-electron chi connectivity index (χ1n) is 2.03. The topological polar surface area (TPSA) is 18.5 Å². The summed E-state index contributed by atoms with van der Waals surface area (Å²) in [5.41, 5.74) is 0. The van der Waals surface area contributed by atoms with E-state index in [2.05, 4.69) is 0 Å². The van der Waals surface area contributed by atoms with Gasteiger partial charge in [0.15, 0.2) is 0 Å². The Kier molecular flexibility index (Phi) is 2.53. The Morgan fingerprint density at radius 2 is 2.00 bits per heavy atom. The molecule has 0 aromatic carbocycles. The molecule has 0 atom stereocenters. The molecule has 0 amide bonds. The van der Waals surface area contributed by atoms with Crippen molar-refractivity contribution in [3.63, 3.8) is 0 Å². The van der Waals surface area contributed by atoms with E-state index in [4.69, 9.17) is 7.45 Å². The summed E-state index contributed by atoms with van der Waals surface area (Å²) in [6.07, 6.45) is 2.03. The molecule has 1 saturated heterocycles. The molecule has 0 aromatic heterocycles. The minimum absolute atomic E-state index is 0.820. The van der Waals surface area contributed by atoms with Crippen molar-refractivity contribution >= 4 is 24.2 Å². The van der Waals surface area contributed by atoms with E-state index < -0.39 is 14.2 Å². The second-order valence-corrected chi connectivity index (χ2v) is 7.31. The minimum atomic E-state index is -1.20. The van der Waals surface area contributed by atoms with Crippen LogP contribution in [0.5, 0.6) is 0 Å². The zero-order valence-electron chi connectivity index (χ0n) is 4.09. The van der Waals surface area contributed by atoms with Gasteiger partial charge in [-0.05, 0) is 0 Å². The summed E-state index contributed by atoms with van der Waals surface area (Å²) in [4.78, 5) is 0. The van der Waals surface area contributed by atoms with Crippen LogP contribution >= 0.6 is 10.0 Å². The Bertz CT molecular complexity index is 54.9. The Hall–Kier alpha value is 0.828. The van der Waals surface area contributed by atoms with E-state index in [1.165, 1.54) is 0 Å². The van der Waals surface area contributed by atoms with Crippen LogP contribution in [0.4, 0.5) is 0 Å². The summed E-state index contributed by atoms with van der Waals surface area (Å²) in [6.45, 7) is 1.64. The van der Waals surface area contributed by atoms with Gasteiger partial charge in [0.05, 0.1) is 0 Å². The van der Waals surface area contributed by atoms with Gasteiger partial charge in [0.25, 0.3) is 0 Å². The molecule has 1 aliphatic heterocycles. The normalized spacial score (nSPS) is 23.6. The van der Waals surface area contributed by atoms with E-state index >= 15 is 0 Å². The fourth-order valence-electron chi connectivity index (χ4n) is 0.366. The molecule has 1 aliphatic rings. The fraction of sp³-hybridized carbons (Fsp3) is 1.00. The third-order valence-electron chi connectivity index (χ3n) is 0.626. The maximum absolute atomic E-state index is 5.19. The van der Waals surface area contributed by atoms with Gasteiger partial charge in [-0.15, -0.1) is 0 Å². The third kappa shape index (κ3) is 1.65. The molecule has 0 unspecified atom stereocenters. The third-order valence-corrected chi connectivity index (χ3v) is 5.55. The average molecular weight is 182 g/mol. The van der Waals surface area contributed by atoms with Crippen molar-refractivity contribution in [2.24, 2.45) is 0 Å². The van der Waals surface area contributed by atoms with Crippen molar-refractivity contribution in [2.75, 3.05) is 19.5 Å². The van der Waals surface area contributed by atoms with Gasteiger partial charge < -0.3 is 0 Å². The van der Waals surface area contributed by atoms with Crippen LogP contribution in [0.2, 0.25) is 0 Å². The van der Waals surface area contributed by atoms with E-state index in [0.29, 0.717) is 0 Å². The van der Waals surface area contributed by atoms with Gasteiger partial charge in [0.1, 0.15) is 0 Å². The summed E-state index contributed by atoms with van der Waals surface area (Å²) in [7, 11) is 1.73. The van der Waals surface area contributed by atoms with Crippen LogP contribution in [0.25, 0.3) is 0 Å². The van der Waals surface area contributed by atoms with Crippen LogP contribution in [0, 0.1) is 0 Å². The van der Waals surface area contributed by atoms with E-state index in [0.717, 1.165) is 13.2 Å². The van der Waals surface area contributed by atoms with Crippen LogP contribution in [0.3, 0.4) is 0 Å². The van der Waals surface area contributed by atoms with Crippen molar-refractivity contribution in [3.8, 4) is 0 Å². The van der Waals surface area contributed by atoms with Crippen molar-refractivity contribution in [2.45, 2.75) is 0 Å². The molecule has 0 saturated carbocycles. The molecule has 2 nitrogen and oxygen atoms in total. The zero-order valence-corrected chi connectivity index (χ0v) is 6.78. The van der Waals surface area contributed by atoms with Crippen molar-refractivity contribution < 1.29 is 7.45 Å². The van der Waals surface area contributed by atoms with Gasteiger partial charge in [-0.25, -0.2) is 0 Å². The SMILES string of the molecule is CS[As]1OCCO1. The molecule has 0 spiro atoms. The molecule has 7 heavy (non-hydrogen) atoms. The molecular formula is C3H7AsO2S. The summed E-state index contributed by atoms with van der Waals surface area (Å²) in [5.74, 6) is 0. The molecule has 0 N–H and O–H groups in total. The number of rotatable bonds is 1. The first-order chi connectivity index (χ1) is 3.43. The molecule has 4 heteroatoms. The molecule has 1 fully saturated rings. The molecule has 0 radical (unpaired) electrons. The van der Waals surface area contributed by atoms with Gasteiger partial charge in [-0.3, -0.25) is 0 Å². The summed E-state index contributed by atoms with van der Waals surface area (Å²) >= 11 is -1.20. The molecule has 1 rings (SSSR count). The van der Waals surface area contributed by atoms with Gasteiger partial charge in [-0.2, -0.15) is 0 Å². The number of hydrogen-bond acceptors (Lipinski definition) is 3. The van der Waals surface area contributed by atoms with Crippen LogP contribution in [-0.2, 0) is 7.45 Å². The van der Waals surface area contributed by atoms with Crippen LogP contribution in [0.15, 0.2) is 0 Å². The zero-order chi connectivity index (χ0) is 5.11. The van der Waals surface area contributed by atoms with E-state index in [9.17, 15) is 0 Å². The first kappa shape index (κ1) is 5.96. The maximum atomic E-state index is 5.19. The van der Waals surface area contributed by atoms with Crippen LogP contribution < -0.4 is 0 Å². The fourth-order valence-corrected chi connectivity index (χ4v) is 3.77. The first-order valence-corrected chi connectivity index (χ1v) is 7.05. The summed E-state index contributed by atoms with van der Waals surface area (Å²) < 4.78 is 10.4. The average Bonchev–Trinajstić information content (AvgIpc) is 2.14. The second-order valence-electron chi connectivity index (χ2n) is 1.07. The standard InChI is InChI=1S/C3H7AsO2S/c1-7-4-5-2-3-6-4/h2-3H2,1H3. The van der Waals surface area contributed by atoms with E-state index in [1.807, 2.05) is 6.26 Å². The Morgan fingerprint density at radius 1 is 1.43 bits per heavy atom. The monoisotopic (exact) mass is 182 g/mol. The van der Waals surface area contributed by atoms with E-state index in [1.54, 1.807) is 10.0 Å². The Morgan fingerprint density at radius 3 is 2.29 bits per heavy atom. The second kappa shape index (κ2) is 2.98. The molecular weight excluding hydrogens is 175 g/mol. The predicted octanol–water partition coefficient (Wildman–Crippen LogP) is 0.381. The molecule has 42 valence electrons. The Balaban J connectivity index is 2.14. The molecule has 0 aliphatic carbocycles. The van der Waals surface area contributed by atoms with Crippen molar-refractivity contribution in [3.05, 3.63) is 0 Å². The van der Waals surface area contributed by atoms with Gasteiger partial charge in [0, 0.05) is 0 Å². The van der Waals surface area contributed by atoms with Gasteiger partial charge in [0.2, 0.25) is 0 Å². The summed E-state index contributed by atoms with van der Waals surface area (Å²) in [5, 5.41) is 0. The van der Waals surface area contributed by atoms with Gasteiger partial charge in [-0.1, -0.05) is 0 Å². The van der Waals surface area contributed by atoms with E-state index in [-0.39, 0.29) is 0 Å². The Labute approximate surface area is 51.5 Å². The quantitative estimate of drug-likeness (QED) is 0.546. The van der Waals surface area contributed by atoms with Crippen LogP contribution in [0.1, 0.15) is 0 Å². The summed E-state index contributed by atoms with van der Waals surface area (Å²) in [6, 6.07) is 0. The molecule has 0 aromatic rings. The van der Waals surface area contributed by atoms with Crippen molar-refractivity contribution in [1.29, 1.82) is 0 Å². The molecule has 1 heterocycles. The van der Waals surface area contributed by atoms with Crippen molar-refractivity contribution in [1.82, 2.24) is 0 Å². The van der Waals surface area contributed by atoms with Crippen LogP contribution in [-0.4, -0.2) is 33.6 Å².